The summed E-state index contributed by atoms with van der Waals surface area (Å²) in [5.74, 6) is 1.52. The van der Waals surface area contributed by atoms with Crippen molar-refractivity contribution in [3.05, 3.63) is 71.3 Å². The fourth-order valence-corrected chi connectivity index (χ4v) is 9.15. The van der Waals surface area contributed by atoms with Crippen molar-refractivity contribution in [3.63, 3.8) is 0 Å². The highest BCUT2D eigenvalue weighted by atomic mass is 16.3. The van der Waals surface area contributed by atoms with Crippen LogP contribution in [0.3, 0.4) is 0 Å². The third-order valence-electron chi connectivity index (χ3n) is 11.4. The second kappa shape index (κ2) is 12.8. The molecular weight excluding hydrogens is 522 g/mol. The fourth-order valence-electron chi connectivity index (χ4n) is 9.15. The molecule has 1 saturated heterocycles. The third-order valence-corrected chi connectivity index (χ3v) is 11.4. The largest absolute Gasteiger partial charge is 0.393 e. The van der Waals surface area contributed by atoms with Crippen LogP contribution in [0.5, 0.6) is 0 Å². The number of carbonyl (C=O) groups is 1. The van der Waals surface area contributed by atoms with Crippen LogP contribution < -0.4 is 0 Å². The van der Waals surface area contributed by atoms with E-state index in [0.29, 0.717) is 37.0 Å². The summed E-state index contributed by atoms with van der Waals surface area (Å²) in [4.78, 5) is 15.2. The van der Waals surface area contributed by atoms with Crippen LogP contribution >= 0.6 is 0 Å². The van der Waals surface area contributed by atoms with Crippen LogP contribution in [0.4, 0.5) is 0 Å². The van der Waals surface area contributed by atoms with Gasteiger partial charge in [-0.15, -0.1) is 0 Å². The molecule has 0 unspecified atom stereocenters. The number of amides is 1. The predicted molar refractivity (Wildman–Crippen MR) is 169 cm³/mol. The van der Waals surface area contributed by atoms with Gasteiger partial charge in [0.05, 0.1) is 12.2 Å². The van der Waals surface area contributed by atoms with E-state index in [1.807, 2.05) is 11.0 Å². The maximum Gasteiger partial charge on any atom is 0.254 e. The molecule has 3 saturated carbocycles. The van der Waals surface area contributed by atoms with Gasteiger partial charge in [0.25, 0.3) is 5.91 Å². The smallest absolute Gasteiger partial charge is 0.254 e. The molecule has 1 aromatic rings. The van der Waals surface area contributed by atoms with Crippen LogP contribution in [-0.2, 0) is 11.2 Å². The minimum absolute atomic E-state index is 0.0922. The molecule has 0 bridgehead atoms. The number of fused-ring (bicyclic) bond motifs is 1. The first-order valence-electron chi connectivity index (χ1n) is 16.5. The van der Waals surface area contributed by atoms with E-state index >= 15 is 0 Å². The molecule has 0 radical (unpaired) electrons. The van der Waals surface area contributed by atoms with Crippen LogP contribution in [-0.4, -0.2) is 56.5 Å². The highest BCUT2D eigenvalue weighted by Gasteiger charge is 2.53. The van der Waals surface area contributed by atoms with Crippen molar-refractivity contribution in [1.29, 1.82) is 0 Å². The number of aryl methyl sites for hydroxylation is 1. The van der Waals surface area contributed by atoms with Gasteiger partial charge in [-0.2, -0.15) is 0 Å². The number of aliphatic hydroxyl groups excluding tert-OH is 2. The van der Waals surface area contributed by atoms with Gasteiger partial charge >= 0.3 is 0 Å². The zero-order valence-electron chi connectivity index (χ0n) is 26.1. The summed E-state index contributed by atoms with van der Waals surface area (Å²) in [6, 6.07) is 10.6. The van der Waals surface area contributed by atoms with Crippen LogP contribution in [0.25, 0.3) is 0 Å². The van der Waals surface area contributed by atoms with Gasteiger partial charge in [0.15, 0.2) is 0 Å². The van der Waals surface area contributed by atoms with E-state index in [2.05, 4.69) is 56.8 Å². The van der Waals surface area contributed by atoms with Gasteiger partial charge in [0.2, 0.25) is 0 Å². The molecule has 1 aromatic carbocycles. The lowest BCUT2D eigenvalue weighted by Crippen LogP contribution is -2.41. The number of likely N-dealkylation sites (tertiary alicyclic amines) is 1. The van der Waals surface area contributed by atoms with Crippen LogP contribution in [0.1, 0.15) is 97.0 Å². The average Bonchev–Trinajstić information content (AvgIpc) is 3.41. The van der Waals surface area contributed by atoms with Crippen LogP contribution in [0, 0.1) is 23.2 Å². The highest BCUT2D eigenvalue weighted by molar-refractivity contribution is 5.87. The van der Waals surface area contributed by atoms with E-state index in [-0.39, 0.29) is 17.4 Å². The lowest BCUT2D eigenvalue weighted by molar-refractivity contribution is -0.142. The molecule has 1 aliphatic heterocycles. The summed E-state index contributed by atoms with van der Waals surface area (Å²) >= 11 is 0. The summed E-state index contributed by atoms with van der Waals surface area (Å²) in [5, 5.41) is 31.4. The molecule has 0 aromatic heterocycles. The maximum atomic E-state index is 13.2. The quantitative estimate of drug-likeness (QED) is 0.293. The lowest BCUT2D eigenvalue weighted by Gasteiger charge is -2.45. The van der Waals surface area contributed by atoms with Crippen molar-refractivity contribution < 1.29 is 20.1 Å². The first-order valence-corrected chi connectivity index (χ1v) is 16.5. The number of allylic oxidation sites excluding steroid dienone is 3. The summed E-state index contributed by atoms with van der Waals surface area (Å²) in [5.41, 5.74) is 3.54. The minimum Gasteiger partial charge on any atom is -0.393 e. The molecule has 1 heterocycles. The van der Waals surface area contributed by atoms with Crippen molar-refractivity contribution in [2.45, 2.75) is 122 Å². The van der Waals surface area contributed by atoms with Crippen molar-refractivity contribution >= 4 is 5.91 Å². The topological polar surface area (TPSA) is 81.0 Å². The Morgan fingerprint density at radius 2 is 1.88 bits per heavy atom. The number of hydrogen-bond donors (Lipinski definition) is 3. The molecule has 230 valence electrons. The normalized spacial score (nSPS) is 38.0. The molecule has 5 heteroatoms. The first kappa shape index (κ1) is 31.2. The summed E-state index contributed by atoms with van der Waals surface area (Å²) in [7, 11) is 0. The van der Waals surface area contributed by atoms with Crippen molar-refractivity contribution in [2.75, 3.05) is 6.54 Å². The van der Waals surface area contributed by atoms with Crippen molar-refractivity contribution in [1.82, 2.24) is 4.90 Å². The number of hydrogen-bond acceptors (Lipinski definition) is 4. The molecule has 42 heavy (non-hydrogen) atoms. The van der Waals surface area contributed by atoms with Gasteiger partial charge in [-0.05, 0) is 111 Å². The van der Waals surface area contributed by atoms with Crippen LogP contribution in [0.2, 0.25) is 0 Å². The first-order chi connectivity index (χ1) is 20.0. The van der Waals surface area contributed by atoms with Crippen molar-refractivity contribution in [2.24, 2.45) is 23.2 Å². The molecule has 4 fully saturated rings. The monoisotopic (exact) mass is 575 g/mol. The minimum atomic E-state index is -1.26. The van der Waals surface area contributed by atoms with E-state index in [4.69, 9.17) is 0 Å². The van der Waals surface area contributed by atoms with Gasteiger partial charge in [-0.1, -0.05) is 68.5 Å². The Hall–Kier alpha value is -2.21. The highest BCUT2D eigenvalue weighted by Crippen LogP contribution is 2.60. The number of benzene rings is 1. The number of carbonyl (C=O) groups excluding carboxylic acids is 1. The second-order valence-corrected chi connectivity index (χ2v) is 14.5. The Balaban J connectivity index is 1.23. The standard InChI is InChI=1S/C37H53NO4/c1-25(21-30-24-37(4,42)35(41)38(30)20-9-8-13-27-11-6-5-7-12-27)32-17-18-33-28(14-10-19-36(32,33)3)15-16-29-22-31(39)23-34(40)26(29)2/h5-7,11-12,15-16,25,30-34,39-40,42H,2,8-10,13-14,17-24H2,1,3-4H3/b28-15+,29-16-/t25-,30-,31-,32-,33+,34+,36-,37-/m1/s1. The summed E-state index contributed by atoms with van der Waals surface area (Å²) in [6.07, 6.45) is 14.6. The molecule has 5 nitrogen and oxygen atoms in total. The number of nitrogens with zero attached hydrogens (tertiary/aromatic N) is 1. The Morgan fingerprint density at radius 1 is 1.12 bits per heavy atom. The SMILES string of the molecule is C=C1/C(=C\C=C2/CCC[C@]3(C)[C@@H]([C@H](C)C[C@@H]4C[C@@](C)(O)C(=O)N4CCCCc4ccccc4)CC[C@@H]23)C[C@@H](O)C[C@@H]1O. The maximum absolute atomic E-state index is 13.2. The van der Waals surface area contributed by atoms with E-state index in [1.165, 1.54) is 36.8 Å². The van der Waals surface area contributed by atoms with E-state index in [1.54, 1.807) is 6.92 Å². The molecule has 1 amide bonds. The zero-order chi connectivity index (χ0) is 30.1. The summed E-state index contributed by atoms with van der Waals surface area (Å²) < 4.78 is 0. The Kier molecular flexibility index (Phi) is 9.51. The lowest BCUT2D eigenvalue weighted by atomic mass is 9.60. The van der Waals surface area contributed by atoms with Gasteiger partial charge in [0, 0.05) is 25.4 Å². The van der Waals surface area contributed by atoms with E-state index in [0.717, 1.165) is 49.8 Å². The molecule has 3 aliphatic carbocycles. The van der Waals surface area contributed by atoms with E-state index < -0.39 is 17.8 Å². The molecule has 5 rings (SSSR count). The predicted octanol–water partition coefficient (Wildman–Crippen LogP) is 6.53. The Bertz CT molecular complexity index is 1190. The van der Waals surface area contributed by atoms with Gasteiger partial charge in [-0.3, -0.25) is 4.79 Å². The third kappa shape index (κ3) is 6.49. The van der Waals surface area contributed by atoms with Gasteiger partial charge in [0.1, 0.15) is 5.60 Å². The zero-order valence-corrected chi connectivity index (χ0v) is 26.1. The molecule has 8 atom stereocenters. The summed E-state index contributed by atoms with van der Waals surface area (Å²) in [6.45, 7) is 11.4. The average molecular weight is 576 g/mol. The van der Waals surface area contributed by atoms with Crippen LogP contribution in [0.15, 0.2) is 65.8 Å². The number of unbranched alkanes of at least 4 members (excludes halogenated alkanes) is 1. The number of rotatable bonds is 9. The van der Waals surface area contributed by atoms with E-state index in [9.17, 15) is 20.1 Å². The Labute approximate surface area is 253 Å². The Morgan fingerprint density at radius 3 is 2.64 bits per heavy atom. The number of aliphatic hydroxyl groups is 3. The molecule has 0 spiro atoms. The van der Waals surface area contributed by atoms with Crippen molar-refractivity contribution in [3.8, 4) is 0 Å². The second-order valence-electron chi connectivity index (χ2n) is 14.5. The van der Waals surface area contributed by atoms with Gasteiger partial charge < -0.3 is 20.2 Å². The molecule has 3 N–H and O–H groups in total. The molecular formula is C37H53NO4. The fraction of sp³-hybridized carbons (Fsp3) is 0.649. The molecule has 4 aliphatic rings. The van der Waals surface area contributed by atoms with Gasteiger partial charge in [-0.25, -0.2) is 0 Å².